The van der Waals surface area contributed by atoms with Crippen LogP contribution in [0.1, 0.15) is 19.8 Å². The second-order valence-corrected chi connectivity index (χ2v) is 10.7. The molecule has 2 unspecified atom stereocenters. The summed E-state index contributed by atoms with van der Waals surface area (Å²) in [5.74, 6) is 0.0262. The lowest BCUT2D eigenvalue weighted by Gasteiger charge is -2.21. The van der Waals surface area contributed by atoms with Crippen LogP contribution in [-0.2, 0) is 37.6 Å². The van der Waals surface area contributed by atoms with Crippen LogP contribution in [0.25, 0.3) is 0 Å². The number of hydrogen-bond donors (Lipinski definition) is 3. The maximum Gasteiger partial charge on any atom is 0.389 e. The molecule has 0 fully saturated rings. The predicted octanol–water partition coefficient (Wildman–Crippen LogP) is 1.26. The summed E-state index contributed by atoms with van der Waals surface area (Å²) in [7, 11) is 5.26. The number of carbonyl (C=O) groups excluding carboxylic acids is 1. The number of hydrogen-bond acceptors (Lipinski definition) is 11. The molecule has 0 bridgehead atoms. The zero-order valence-electron chi connectivity index (χ0n) is 19.7. The summed E-state index contributed by atoms with van der Waals surface area (Å²) >= 11 is 0.838. The van der Waals surface area contributed by atoms with Crippen LogP contribution in [0.4, 0.5) is 0 Å². The molecular formula is C19H41N2O9PS. The summed E-state index contributed by atoms with van der Waals surface area (Å²) < 4.78 is 43.5. The third kappa shape index (κ3) is 19.2. The van der Waals surface area contributed by atoms with E-state index in [0.29, 0.717) is 58.5 Å². The molecule has 13 heteroatoms. The smallest absolute Gasteiger partial charge is 0.389 e. The molecule has 0 amide bonds. The quantitative estimate of drug-likeness (QED) is 0.0800. The predicted molar refractivity (Wildman–Crippen MR) is 124 cm³/mol. The molecule has 0 aromatic carbocycles. The fourth-order valence-electron chi connectivity index (χ4n) is 2.37. The second kappa shape index (κ2) is 21.3. The van der Waals surface area contributed by atoms with Gasteiger partial charge in [-0.05, 0) is 44.5 Å². The zero-order valence-corrected chi connectivity index (χ0v) is 21.4. The summed E-state index contributed by atoms with van der Waals surface area (Å²) in [5.41, 5.74) is 0. The molecule has 0 aliphatic heterocycles. The van der Waals surface area contributed by atoms with Gasteiger partial charge in [0, 0.05) is 19.3 Å². The number of ether oxygens (including phenoxy) is 5. The van der Waals surface area contributed by atoms with Crippen molar-refractivity contribution in [3.05, 3.63) is 0 Å². The van der Waals surface area contributed by atoms with E-state index < -0.39 is 19.1 Å². The zero-order chi connectivity index (χ0) is 24.1. The van der Waals surface area contributed by atoms with Gasteiger partial charge in [-0.1, -0.05) is 6.92 Å². The molecule has 11 nitrogen and oxygen atoms in total. The molecule has 0 spiro atoms. The third-order valence-corrected chi connectivity index (χ3v) is 7.06. The van der Waals surface area contributed by atoms with E-state index in [1.54, 1.807) is 14.0 Å². The molecule has 0 radical (unpaired) electrons. The molecule has 192 valence electrons. The first-order chi connectivity index (χ1) is 15.4. The summed E-state index contributed by atoms with van der Waals surface area (Å²) in [4.78, 5) is 22.1. The van der Waals surface area contributed by atoms with E-state index >= 15 is 0 Å². The van der Waals surface area contributed by atoms with Gasteiger partial charge >= 0.3 is 12.8 Å². The highest BCUT2D eigenvalue weighted by molar-refractivity contribution is 8.54. The summed E-state index contributed by atoms with van der Waals surface area (Å²) in [6, 6.07) is 0. The highest BCUT2D eigenvalue weighted by atomic mass is 32.7. The molecular weight excluding hydrogens is 463 g/mol. The van der Waals surface area contributed by atoms with E-state index in [-0.39, 0.29) is 25.4 Å². The van der Waals surface area contributed by atoms with E-state index in [2.05, 4.69) is 10.6 Å². The van der Waals surface area contributed by atoms with Crippen molar-refractivity contribution in [3.63, 3.8) is 0 Å². The molecule has 0 aliphatic carbocycles. The van der Waals surface area contributed by atoms with E-state index in [0.717, 1.165) is 11.4 Å². The molecule has 0 aromatic heterocycles. The van der Waals surface area contributed by atoms with E-state index in [9.17, 15) is 14.3 Å². The third-order valence-electron chi connectivity index (χ3n) is 3.93. The largest absolute Gasteiger partial charge is 0.435 e. The summed E-state index contributed by atoms with van der Waals surface area (Å²) in [5, 5.41) is 6.10. The molecule has 0 rings (SSSR count). The van der Waals surface area contributed by atoms with Crippen molar-refractivity contribution in [1.29, 1.82) is 0 Å². The van der Waals surface area contributed by atoms with Crippen LogP contribution in [0, 0.1) is 5.92 Å². The van der Waals surface area contributed by atoms with Gasteiger partial charge in [0.05, 0.1) is 52.7 Å². The van der Waals surface area contributed by atoms with Crippen LogP contribution in [0.3, 0.4) is 0 Å². The Morgan fingerprint density at radius 1 is 0.969 bits per heavy atom. The average molecular weight is 505 g/mol. The molecule has 0 aromatic rings. The van der Waals surface area contributed by atoms with Gasteiger partial charge in [-0.3, -0.25) is 9.32 Å². The minimum absolute atomic E-state index is 0.00920. The molecule has 0 saturated heterocycles. The SMILES string of the molecule is CCC(OC(=O)CCOCCOCCOCCOC)OP(=O)(O)SCC(CNC)CNC. The highest BCUT2D eigenvalue weighted by Gasteiger charge is 2.28. The first kappa shape index (κ1) is 31.7. The van der Waals surface area contributed by atoms with Gasteiger partial charge in [0.15, 0.2) is 0 Å². The number of methoxy groups -OCH3 is 1. The maximum atomic E-state index is 12.3. The Hall–Kier alpha value is -0.270. The Morgan fingerprint density at radius 2 is 1.50 bits per heavy atom. The van der Waals surface area contributed by atoms with Crippen molar-refractivity contribution in [1.82, 2.24) is 10.6 Å². The van der Waals surface area contributed by atoms with Crippen LogP contribution in [-0.4, -0.2) is 103 Å². The Labute approximate surface area is 195 Å². The lowest BCUT2D eigenvalue weighted by molar-refractivity contribution is -0.165. The molecule has 32 heavy (non-hydrogen) atoms. The summed E-state index contributed by atoms with van der Waals surface area (Å²) in [6.45, 7) is 2.03. The fourth-order valence-corrected chi connectivity index (χ4v) is 5.22. The average Bonchev–Trinajstić information content (AvgIpc) is 2.75. The number of esters is 1. The monoisotopic (exact) mass is 504 g/mol. The standard InChI is InChI=1S/C19H41N2O9PS/c1-5-19(30-31(23,24)32-16-17(14-20-2)15-21-3)29-18(22)6-7-26-10-11-28-13-12-27-9-8-25-4/h17,19-21H,5-16H2,1-4H3,(H,23,24). The van der Waals surface area contributed by atoms with E-state index in [4.69, 9.17) is 28.2 Å². The van der Waals surface area contributed by atoms with E-state index in [1.807, 2.05) is 14.1 Å². The van der Waals surface area contributed by atoms with Gasteiger partial charge in [0.25, 0.3) is 0 Å². The lowest BCUT2D eigenvalue weighted by Crippen LogP contribution is -2.29. The normalized spacial score (nSPS) is 14.4. The molecule has 3 N–H and O–H groups in total. The molecule has 0 saturated carbocycles. The summed E-state index contributed by atoms with van der Waals surface area (Å²) in [6.07, 6.45) is -0.816. The van der Waals surface area contributed by atoms with Crippen molar-refractivity contribution in [2.75, 3.05) is 86.3 Å². The van der Waals surface area contributed by atoms with Crippen LogP contribution in [0.15, 0.2) is 0 Å². The molecule has 0 aliphatic rings. The Morgan fingerprint density at radius 3 is 2.00 bits per heavy atom. The van der Waals surface area contributed by atoms with Crippen molar-refractivity contribution < 1.29 is 42.5 Å². The van der Waals surface area contributed by atoms with Gasteiger partial charge in [-0.15, -0.1) is 0 Å². The Bertz CT molecular complexity index is 499. The fraction of sp³-hybridized carbons (Fsp3) is 0.947. The van der Waals surface area contributed by atoms with Gasteiger partial charge in [0.2, 0.25) is 6.29 Å². The number of nitrogens with one attached hydrogen (secondary N) is 2. The molecule has 2 atom stereocenters. The minimum atomic E-state index is -3.96. The first-order valence-corrected chi connectivity index (χ1v) is 13.9. The van der Waals surface area contributed by atoms with Gasteiger partial charge < -0.3 is 39.2 Å². The maximum absolute atomic E-state index is 12.3. The van der Waals surface area contributed by atoms with Gasteiger partial charge in [-0.25, -0.2) is 4.57 Å². The topological polar surface area (TPSA) is 134 Å². The minimum Gasteiger partial charge on any atom is -0.435 e. The Balaban J connectivity index is 3.98. The van der Waals surface area contributed by atoms with Crippen molar-refractivity contribution in [2.45, 2.75) is 26.1 Å². The van der Waals surface area contributed by atoms with Crippen LogP contribution >= 0.6 is 18.2 Å². The van der Waals surface area contributed by atoms with Crippen molar-refractivity contribution in [3.8, 4) is 0 Å². The number of carbonyl (C=O) groups is 1. The van der Waals surface area contributed by atoms with E-state index in [1.165, 1.54) is 0 Å². The van der Waals surface area contributed by atoms with Crippen LogP contribution in [0.5, 0.6) is 0 Å². The van der Waals surface area contributed by atoms with Gasteiger partial charge in [-0.2, -0.15) is 0 Å². The second-order valence-electron chi connectivity index (χ2n) is 6.76. The van der Waals surface area contributed by atoms with Crippen molar-refractivity contribution in [2.24, 2.45) is 5.92 Å². The Kier molecular flexibility index (Phi) is 21.1. The van der Waals surface area contributed by atoms with Gasteiger partial charge in [0.1, 0.15) is 0 Å². The molecule has 0 heterocycles. The number of rotatable bonds is 23. The first-order valence-electron chi connectivity index (χ1n) is 10.7. The lowest BCUT2D eigenvalue weighted by atomic mass is 10.2. The van der Waals surface area contributed by atoms with Crippen LogP contribution < -0.4 is 10.6 Å². The van der Waals surface area contributed by atoms with Crippen molar-refractivity contribution >= 4 is 24.1 Å². The highest BCUT2D eigenvalue weighted by Crippen LogP contribution is 2.57. The van der Waals surface area contributed by atoms with Crippen LogP contribution in [0.2, 0.25) is 0 Å².